The summed E-state index contributed by atoms with van der Waals surface area (Å²) in [5.41, 5.74) is 0.637. The quantitative estimate of drug-likeness (QED) is 0.613. The Balaban J connectivity index is 2.10. The molecule has 102 valence electrons. The zero-order valence-electron chi connectivity index (χ0n) is 10.5. The molecule has 2 heterocycles. The molecule has 1 fully saturated rings. The lowest BCUT2D eigenvalue weighted by atomic mass is 10.1. The van der Waals surface area contributed by atoms with Crippen molar-refractivity contribution in [1.29, 1.82) is 0 Å². The fraction of sp³-hybridized carbons (Fsp3) is 0.0769. The third-order valence-electron chi connectivity index (χ3n) is 2.46. The maximum Gasteiger partial charge on any atom is 0.328 e. The van der Waals surface area contributed by atoms with Crippen molar-refractivity contribution >= 4 is 23.9 Å². The van der Waals surface area contributed by atoms with E-state index in [2.05, 4.69) is 4.98 Å². The van der Waals surface area contributed by atoms with Gasteiger partial charge in [-0.1, -0.05) is 12.2 Å². The Morgan fingerprint density at radius 1 is 1.15 bits per heavy atom. The average Bonchev–Trinajstić information content (AvgIpc) is 2.42. The van der Waals surface area contributed by atoms with Crippen molar-refractivity contribution in [1.82, 2.24) is 15.6 Å². The lowest BCUT2D eigenvalue weighted by molar-refractivity contribution is -0.124. The van der Waals surface area contributed by atoms with E-state index in [0.29, 0.717) is 5.88 Å². The smallest absolute Gasteiger partial charge is 0.328 e. The van der Waals surface area contributed by atoms with Crippen LogP contribution in [-0.4, -0.2) is 29.9 Å². The van der Waals surface area contributed by atoms with Gasteiger partial charge in [0.05, 0.1) is 7.11 Å². The van der Waals surface area contributed by atoms with E-state index in [0.717, 1.165) is 5.56 Å². The Morgan fingerprint density at radius 3 is 2.40 bits per heavy atom. The molecule has 1 aliphatic rings. The number of amides is 4. The van der Waals surface area contributed by atoms with Crippen molar-refractivity contribution in [2.75, 3.05) is 7.11 Å². The number of pyridine rings is 1. The van der Waals surface area contributed by atoms with Crippen LogP contribution in [0.3, 0.4) is 0 Å². The van der Waals surface area contributed by atoms with Crippen molar-refractivity contribution in [2.24, 2.45) is 0 Å². The van der Waals surface area contributed by atoms with Crippen LogP contribution in [0, 0.1) is 0 Å². The molecule has 0 saturated carbocycles. The summed E-state index contributed by atoms with van der Waals surface area (Å²) in [5, 5.41) is 3.97. The highest BCUT2D eigenvalue weighted by Gasteiger charge is 2.26. The third-order valence-corrected chi connectivity index (χ3v) is 2.46. The number of methoxy groups -OCH3 is 1. The lowest BCUT2D eigenvalue weighted by Crippen LogP contribution is -2.51. The van der Waals surface area contributed by atoms with E-state index in [1.54, 1.807) is 24.4 Å². The Kier molecular flexibility index (Phi) is 3.90. The first-order valence-corrected chi connectivity index (χ1v) is 5.65. The molecule has 4 amide bonds. The molecule has 7 nitrogen and oxygen atoms in total. The van der Waals surface area contributed by atoms with Gasteiger partial charge >= 0.3 is 6.03 Å². The normalized spacial score (nSPS) is 15.1. The molecule has 1 aromatic heterocycles. The number of carbonyl (C=O) groups excluding carboxylic acids is 3. The fourth-order valence-electron chi connectivity index (χ4n) is 1.49. The summed E-state index contributed by atoms with van der Waals surface area (Å²) in [6.07, 6.45) is 6.09. The van der Waals surface area contributed by atoms with Crippen molar-refractivity contribution < 1.29 is 19.1 Å². The highest BCUT2D eigenvalue weighted by atomic mass is 16.5. The number of rotatable bonds is 3. The second-order valence-corrected chi connectivity index (χ2v) is 3.81. The second kappa shape index (κ2) is 5.79. The molecule has 0 spiro atoms. The van der Waals surface area contributed by atoms with Gasteiger partial charge in [-0.3, -0.25) is 20.2 Å². The molecule has 0 aromatic carbocycles. The van der Waals surface area contributed by atoms with Gasteiger partial charge in [0.25, 0.3) is 11.8 Å². The van der Waals surface area contributed by atoms with Gasteiger partial charge in [0.15, 0.2) is 0 Å². The number of allylic oxidation sites excluding steroid dienone is 2. The molecule has 0 unspecified atom stereocenters. The van der Waals surface area contributed by atoms with Gasteiger partial charge in [0, 0.05) is 12.3 Å². The van der Waals surface area contributed by atoms with Crippen LogP contribution in [0.2, 0.25) is 0 Å². The third kappa shape index (κ3) is 3.08. The van der Waals surface area contributed by atoms with E-state index in [9.17, 15) is 14.4 Å². The van der Waals surface area contributed by atoms with Crippen LogP contribution in [0.4, 0.5) is 4.79 Å². The summed E-state index contributed by atoms with van der Waals surface area (Å²) < 4.78 is 4.92. The van der Waals surface area contributed by atoms with Crippen LogP contribution < -0.4 is 15.4 Å². The monoisotopic (exact) mass is 273 g/mol. The number of urea groups is 1. The first-order valence-electron chi connectivity index (χ1n) is 5.65. The summed E-state index contributed by atoms with van der Waals surface area (Å²) in [5.74, 6) is -0.961. The SMILES string of the molecule is COc1ccc(/C=C/C=C2C(=O)NC(=O)NC2=O)cn1. The maximum atomic E-state index is 11.4. The minimum absolute atomic E-state index is 0.137. The number of ether oxygens (including phenoxy) is 1. The minimum Gasteiger partial charge on any atom is -0.481 e. The average molecular weight is 273 g/mol. The molecule has 0 aliphatic carbocycles. The van der Waals surface area contributed by atoms with Gasteiger partial charge in [-0.25, -0.2) is 9.78 Å². The van der Waals surface area contributed by atoms with Crippen LogP contribution in [0.1, 0.15) is 5.56 Å². The molecule has 1 aliphatic heterocycles. The largest absolute Gasteiger partial charge is 0.481 e. The molecular formula is C13H11N3O4. The molecule has 0 radical (unpaired) electrons. The van der Waals surface area contributed by atoms with Crippen molar-refractivity contribution in [3.63, 3.8) is 0 Å². The molecular weight excluding hydrogens is 262 g/mol. The number of carbonyl (C=O) groups is 3. The van der Waals surface area contributed by atoms with E-state index in [4.69, 9.17) is 4.74 Å². The Labute approximate surface area is 114 Å². The van der Waals surface area contributed by atoms with Gasteiger partial charge in [-0.2, -0.15) is 0 Å². The molecule has 0 bridgehead atoms. The van der Waals surface area contributed by atoms with Crippen LogP contribution in [0.5, 0.6) is 5.88 Å². The Bertz CT molecular complexity index is 595. The van der Waals surface area contributed by atoms with Crippen molar-refractivity contribution in [2.45, 2.75) is 0 Å². The first-order chi connectivity index (χ1) is 9.60. The lowest BCUT2D eigenvalue weighted by Gasteiger charge is -2.12. The summed E-state index contributed by atoms with van der Waals surface area (Å²) in [6.45, 7) is 0. The van der Waals surface area contributed by atoms with Crippen molar-refractivity contribution in [3.8, 4) is 5.88 Å². The molecule has 1 aromatic rings. The van der Waals surface area contributed by atoms with Crippen LogP contribution in [-0.2, 0) is 9.59 Å². The molecule has 2 rings (SSSR count). The highest BCUT2D eigenvalue weighted by Crippen LogP contribution is 2.08. The van der Waals surface area contributed by atoms with Gasteiger partial charge in [-0.05, 0) is 17.7 Å². The molecule has 0 atom stereocenters. The number of nitrogens with one attached hydrogen (secondary N) is 2. The van der Waals surface area contributed by atoms with Gasteiger partial charge < -0.3 is 4.74 Å². The molecule has 20 heavy (non-hydrogen) atoms. The van der Waals surface area contributed by atoms with E-state index in [-0.39, 0.29) is 5.57 Å². The van der Waals surface area contributed by atoms with Crippen LogP contribution in [0.25, 0.3) is 6.08 Å². The molecule has 7 heteroatoms. The van der Waals surface area contributed by atoms with E-state index in [1.165, 1.54) is 19.3 Å². The topological polar surface area (TPSA) is 97.4 Å². The van der Waals surface area contributed by atoms with E-state index >= 15 is 0 Å². The van der Waals surface area contributed by atoms with Gasteiger partial charge in [-0.15, -0.1) is 0 Å². The Hall–Kier alpha value is -2.96. The van der Waals surface area contributed by atoms with E-state index < -0.39 is 17.8 Å². The van der Waals surface area contributed by atoms with Gasteiger partial charge in [0.1, 0.15) is 5.57 Å². The number of hydrogen-bond acceptors (Lipinski definition) is 5. The fourth-order valence-corrected chi connectivity index (χ4v) is 1.49. The predicted octanol–water partition coefficient (Wildman–Crippen LogP) is 0.396. The summed E-state index contributed by atoms with van der Waals surface area (Å²) >= 11 is 0. The summed E-state index contributed by atoms with van der Waals surface area (Å²) in [6, 6.07) is 2.64. The standard InChI is InChI=1S/C13H11N3O4/c1-20-10-6-5-8(7-14-10)3-2-4-9-11(17)15-13(19)16-12(9)18/h2-7H,1H3,(H2,15,16,17,18,19)/b3-2+. The van der Waals surface area contributed by atoms with Gasteiger partial charge in [0.2, 0.25) is 5.88 Å². The maximum absolute atomic E-state index is 11.4. The number of hydrogen-bond donors (Lipinski definition) is 2. The minimum atomic E-state index is -0.819. The molecule has 1 saturated heterocycles. The number of imide groups is 2. The number of barbiturate groups is 1. The zero-order chi connectivity index (χ0) is 14.5. The van der Waals surface area contributed by atoms with E-state index in [1.807, 2.05) is 10.6 Å². The number of aromatic nitrogens is 1. The first kappa shape index (κ1) is 13.5. The van der Waals surface area contributed by atoms with Crippen LogP contribution >= 0.6 is 0 Å². The zero-order valence-corrected chi connectivity index (χ0v) is 10.5. The summed E-state index contributed by atoms with van der Waals surface area (Å²) in [4.78, 5) is 37.7. The van der Waals surface area contributed by atoms with Crippen LogP contribution in [0.15, 0.2) is 36.1 Å². The second-order valence-electron chi connectivity index (χ2n) is 3.81. The molecule has 2 N–H and O–H groups in total. The number of nitrogens with zero attached hydrogens (tertiary/aromatic N) is 1. The summed E-state index contributed by atoms with van der Waals surface area (Å²) in [7, 11) is 1.52. The highest BCUT2D eigenvalue weighted by molar-refractivity contribution is 6.29. The Morgan fingerprint density at radius 2 is 1.85 bits per heavy atom. The predicted molar refractivity (Wildman–Crippen MR) is 69.6 cm³/mol. The van der Waals surface area contributed by atoms with Crippen molar-refractivity contribution in [3.05, 3.63) is 41.6 Å².